The maximum atomic E-state index is 5.94. The van der Waals surface area contributed by atoms with Gasteiger partial charge in [0.2, 0.25) is 0 Å². The summed E-state index contributed by atoms with van der Waals surface area (Å²) in [6, 6.07) is 85.6. The Morgan fingerprint density at radius 1 is 0.480 bits per heavy atom. The number of hydrogen-bond donors (Lipinski definition) is 0. The monoisotopic (exact) mass is 1770 g/mol. The second-order valence-corrected chi connectivity index (χ2v) is 32.7. The molecule has 0 saturated carbocycles. The van der Waals surface area contributed by atoms with Gasteiger partial charge in [0, 0.05) is 37.6 Å². The number of aryl methyl sites for hydroxylation is 4. The van der Waals surface area contributed by atoms with Gasteiger partial charge in [-0.25, -0.2) is 0 Å². The summed E-state index contributed by atoms with van der Waals surface area (Å²) in [7, 11) is 12.5. The number of nitrogens with zero attached hydrogens (tertiary/aromatic N) is 10. The molecule has 0 spiro atoms. The van der Waals surface area contributed by atoms with Gasteiger partial charge in [0.05, 0.1) is 45.4 Å². The summed E-state index contributed by atoms with van der Waals surface area (Å²) >= 11 is 12.9. The molecule has 2 aliphatic rings. The van der Waals surface area contributed by atoms with E-state index in [2.05, 4.69) is 317 Å². The fourth-order valence-electron chi connectivity index (χ4n) is 11.1. The van der Waals surface area contributed by atoms with E-state index < -0.39 is 15.8 Å². The third-order valence-corrected chi connectivity index (χ3v) is 23.8. The van der Waals surface area contributed by atoms with E-state index in [1.165, 1.54) is 70.2 Å². The zero-order valence-electron chi connectivity index (χ0n) is 55.9. The molecule has 522 valence electrons. The quantitative estimate of drug-likeness (QED) is 0.0575. The molecule has 0 saturated heterocycles. The molecule has 12 nitrogen and oxygen atoms in total. The predicted octanol–water partition coefficient (Wildman–Crippen LogP) is 17.0. The summed E-state index contributed by atoms with van der Waals surface area (Å²) in [4.78, 5) is 1.05. The summed E-state index contributed by atoms with van der Waals surface area (Å²) in [5, 5.41) is 35.7. The van der Waals surface area contributed by atoms with Gasteiger partial charge in [-0.15, -0.1) is 49.5 Å². The van der Waals surface area contributed by atoms with E-state index >= 15 is 0 Å². The summed E-state index contributed by atoms with van der Waals surface area (Å²) in [5.41, 5.74) is 9.21. The first-order chi connectivity index (χ1) is 50.1. The van der Waals surface area contributed by atoms with Crippen LogP contribution < -0.4 is 31.8 Å². The number of rotatable bonds is 10. The maximum Gasteiger partial charge on any atom is -0.0134 e. The first-order valence-electron chi connectivity index (χ1n) is 31.9. The minimum atomic E-state index is -0.446. The normalized spacial score (nSPS) is 11.4. The van der Waals surface area contributed by atoms with Gasteiger partial charge in [-0.2, -0.15) is 10.2 Å². The molecule has 6 aromatic heterocycles. The summed E-state index contributed by atoms with van der Waals surface area (Å²) < 4.78 is 20.6. The second-order valence-electron chi connectivity index (χ2n) is 22.6. The van der Waals surface area contributed by atoms with Gasteiger partial charge in [0.15, 0.2) is 11.6 Å². The van der Waals surface area contributed by atoms with Crippen LogP contribution in [0, 0.1) is 38.0 Å². The van der Waals surface area contributed by atoms with E-state index in [0.717, 1.165) is 60.9 Å². The Bertz CT molecular complexity index is 4660. The first kappa shape index (κ1) is 77.3. The van der Waals surface area contributed by atoms with E-state index in [9.17, 15) is 0 Å². The molecule has 0 radical (unpaired) electrons. The smallest absolute Gasteiger partial charge is 0.0134 e. The topological polar surface area (TPSA) is 116 Å². The van der Waals surface area contributed by atoms with Crippen LogP contribution in [0.4, 0.5) is 0 Å². The van der Waals surface area contributed by atoms with Gasteiger partial charge < -0.3 is 9.47 Å². The maximum absolute atomic E-state index is 5.94. The van der Waals surface area contributed by atoms with Crippen LogP contribution >= 0.6 is 93.8 Å². The minimum absolute atomic E-state index is 0.106. The third kappa shape index (κ3) is 21.2. The van der Waals surface area contributed by atoms with Crippen molar-refractivity contribution in [2.45, 2.75) is 53.1 Å². The van der Waals surface area contributed by atoms with Gasteiger partial charge >= 0.3 is 68.1 Å². The second kappa shape index (κ2) is 40.7. The van der Waals surface area contributed by atoms with Crippen LogP contribution in [-0.2, 0) is 91.5 Å². The number of terminal acetylenes is 1. The molecule has 0 aliphatic carbocycles. The van der Waals surface area contributed by atoms with Crippen molar-refractivity contribution < 1.29 is 38.2 Å². The number of benzene rings is 8. The fourth-order valence-corrected chi connectivity index (χ4v) is 19.0. The standard InChI is InChI=1S/C22H19N5OS.2C18H15P.C16H14BrN3OS.C6H6N2.2ClH.Cu.HI.Pd/c1-15-24-25-21-14-28-13-19-18(10-16-6-4-3-5-7-16)20(29-22(19)27(15)21)9-8-17-11-23-26(2)12-17;2*1-4-10-16(11-5-1)19(17-12-6-2-7-13-17)18-14-8-3-9-15-18;1-10-18-19-14-9-21-8-13-12(7-11-5-3-2-4-6-11)15(17)22-16(13)20(10)14;1-3-6-4-7-8(2)5-6;;;;;/h3-7,11-12H,10,13-14H2,1-2H3;2*1-15H;2-6H,7-9H2,1H3;1,4-5H,2H3;2*1H;;1H;/q;;;;;;;+1;;+2/p-3. The van der Waals surface area contributed by atoms with Crippen LogP contribution in [0.3, 0.4) is 0 Å². The Hall–Kier alpha value is -7.27. The molecule has 14 aromatic rings. The van der Waals surface area contributed by atoms with Crippen LogP contribution in [0.5, 0.6) is 0 Å². The average Bonchev–Trinajstić information content (AvgIpc) is 1.62. The van der Waals surface area contributed by atoms with E-state index in [1.54, 1.807) is 71.0 Å². The van der Waals surface area contributed by atoms with Crippen LogP contribution in [0.25, 0.3) is 10.0 Å². The summed E-state index contributed by atoms with van der Waals surface area (Å²) in [6.07, 6.45) is 13.9. The molecule has 8 heterocycles. The first-order valence-corrected chi connectivity index (χ1v) is 44.0. The summed E-state index contributed by atoms with van der Waals surface area (Å²) in [6.45, 7) is 6.08. The van der Waals surface area contributed by atoms with Crippen LogP contribution in [0.2, 0.25) is 0 Å². The predicted molar refractivity (Wildman–Crippen MR) is 427 cm³/mol. The van der Waals surface area contributed by atoms with Crippen LogP contribution in [0.15, 0.2) is 271 Å². The number of thiophene rings is 2. The molecular formula is C80H69BrCl2CuIN10O2P2PdS2. The molecule has 16 rings (SSSR count). The van der Waals surface area contributed by atoms with Crippen LogP contribution in [0.1, 0.15) is 72.7 Å². The van der Waals surface area contributed by atoms with E-state index in [1.807, 2.05) is 46.3 Å². The summed E-state index contributed by atoms with van der Waals surface area (Å²) in [5.74, 6) is 12.6. The van der Waals surface area contributed by atoms with Crippen molar-refractivity contribution in [1.29, 1.82) is 0 Å². The van der Waals surface area contributed by atoms with Gasteiger partial charge in [0.25, 0.3) is 0 Å². The largest absolute Gasteiger partial charge is 0.0622 e. The van der Waals surface area contributed by atoms with Crippen molar-refractivity contribution >= 4 is 126 Å². The molecule has 0 N–H and O–H groups in total. The van der Waals surface area contributed by atoms with Gasteiger partial charge in [-0.05, 0) is 113 Å². The van der Waals surface area contributed by atoms with Crippen molar-refractivity contribution in [2.75, 3.05) is 0 Å². The molecule has 102 heavy (non-hydrogen) atoms. The molecule has 0 unspecified atom stereocenters. The Morgan fingerprint density at radius 2 is 0.804 bits per heavy atom. The number of aromatic nitrogens is 10. The Kier molecular flexibility index (Phi) is 30.9. The number of ether oxygens (including phenoxy) is 2. The Balaban J connectivity index is 0.000000140. The molecule has 8 aromatic carbocycles. The van der Waals surface area contributed by atoms with E-state index in [4.69, 9.17) is 35.0 Å². The van der Waals surface area contributed by atoms with Crippen molar-refractivity contribution in [3.05, 3.63) is 344 Å². The van der Waals surface area contributed by atoms with E-state index in [-0.39, 0.29) is 15.9 Å². The van der Waals surface area contributed by atoms with Crippen molar-refractivity contribution in [2.24, 2.45) is 14.1 Å². The third-order valence-electron chi connectivity index (χ3n) is 15.7. The minimum Gasteiger partial charge on any atom is -0.0622 e. The number of halogens is 4. The number of hydrogen-bond acceptors (Lipinski definition) is 10. The molecule has 2 aliphatic heterocycles. The fraction of sp³-hybridized carbons (Fsp3) is 0.125. The molecular weight excluding hydrogens is 1710 g/mol. The van der Waals surface area contributed by atoms with Gasteiger partial charge in [0.1, 0.15) is 34.9 Å². The Labute approximate surface area is 651 Å². The zero-order chi connectivity index (χ0) is 71.4. The van der Waals surface area contributed by atoms with E-state index in [0.29, 0.717) is 26.4 Å². The molecule has 22 heteroatoms. The Morgan fingerprint density at radius 3 is 1.14 bits per heavy atom. The number of fused-ring (bicyclic) bond motifs is 6. The average molecular weight is 1780 g/mol. The van der Waals surface area contributed by atoms with Gasteiger partial charge in [-0.3, -0.25) is 18.5 Å². The van der Waals surface area contributed by atoms with Crippen LogP contribution in [-0.4, -0.2) is 49.1 Å². The molecule has 0 bridgehead atoms. The van der Waals surface area contributed by atoms with Crippen molar-refractivity contribution in [3.8, 4) is 34.2 Å². The van der Waals surface area contributed by atoms with Crippen molar-refractivity contribution in [1.82, 2.24) is 49.1 Å². The van der Waals surface area contributed by atoms with Crippen molar-refractivity contribution in [3.63, 3.8) is 0 Å². The zero-order valence-corrected chi connectivity index (χ0v) is 67.0. The van der Waals surface area contributed by atoms with Gasteiger partial charge in [-0.1, -0.05) is 260 Å². The molecule has 0 amide bonds. The molecule has 0 atom stereocenters. The molecule has 0 fully saturated rings. The SMILES string of the molecule is C#Cc1cnn(C)c1.Cc1nnc2n1-c1sc(Br)c(Cc3ccccc3)c1COC2.Cc1nnc2n1-c1sc(C#Cc3cnn(C)c3)c(Cc3ccccc3)c1COC2.[Cl][Pd][Cl].[Cu][I].c1ccc(P(c2ccccc2)c2ccccc2)cc1.c1ccc(P(c2ccccc2)c2ccccc2)cc1.